The van der Waals surface area contributed by atoms with Gasteiger partial charge < -0.3 is 4.74 Å². The molecule has 1 aromatic carbocycles. The van der Waals surface area contributed by atoms with Crippen molar-refractivity contribution in [3.8, 4) is 0 Å². The number of carbonyl (C=O) groups is 2. The largest absolute Gasteiger partial charge is 0.431 e. The second-order valence-electron chi connectivity index (χ2n) is 7.32. The molecule has 0 bridgehead atoms. The van der Waals surface area contributed by atoms with Crippen molar-refractivity contribution in [2.45, 2.75) is 34.1 Å². The number of ether oxygens (including phenoxy) is 1. The second kappa shape index (κ2) is 5.19. The van der Waals surface area contributed by atoms with Crippen molar-refractivity contribution < 1.29 is 14.3 Å². The summed E-state index contributed by atoms with van der Waals surface area (Å²) in [6, 6.07) is 9.87. The summed E-state index contributed by atoms with van der Waals surface area (Å²) in [5.41, 5.74) is 1.16. The van der Waals surface area contributed by atoms with Gasteiger partial charge in [0, 0.05) is 12.8 Å². The highest BCUT2D eigenvalue weighted by Crippen LogP contribution is 2.61. The second-order valence-corrected chi connectivity index (χ2v) is 7.32. The van der Waals surface area contributed by atoms with Crippen LogP contribution >= 0.6 is 0 Å². The number of allylic oxidation sites excluding steroid dienone is 3. The minimum Gasteiger partial charge on any atom is -0.431 e. The molecule has 0 N–H and O–H groups in total. The smallest absolute Gasteiger partial charge is 0.307 e. The average Bonchev–Trinajstić information content (AvgIpc) is 2.76. The van der Waals surface area contributed by atoms with E-state index in [0.29, 0.717) is 5.76 Å². The van der Waals surface area contributed by atoms with Gasteiger partial charge in [-0.05, 0) is 42.0 Å². The number of ketones is 1. The molecule has 0 saturated carbocycles. The highest BCUT2D eigenvalue weighted by molar-refractivity contribution is 6.07. The molecule has 2 aliphatic carbocycles. The van der Waals surface area contributed by atoms with Crippen LogP contribution in [0.3, 0.4) is 0 Å². The lowest BCUT2D eigenvalue weighted by Gasteiger charge is -2.46. The third-order valence-corrected chi connectivity index (χ3v) is 5.15. The van der Waals surface area contributed by atoms with Crippen molar-refractivity contribution in [2.24, 2.45) is 16.7 Å². The number of rotatable bonds is 2. The van der Waals surface area contributed by atoms with Crippen LogP contribution in [-0.2, 0) is 14.3 Å². The maximum atomic E-state index is 12.8. The fourth-order valence-electron chi connectivity index (χ4n) is 4.25. The molecule has 0 unspecified atom stereocenters. The van der Waals surface area contributed by atoms with E-state index < -0.39 is 5.41 Å². The fourth-order valence-corrected chi connectivity index (χ4v) is 4.25. The van der Waals surface area contributed by atoms with Crippen molar-refractivity contribution in [3.05, 3.63) is 53.8 Å². The predicted octanol–water partition coefficient (Wildman–Crippen LogP) is 4.15. The minimum atomic E-state index is -0.605. The van der Waals surface area contributed by atoms with Gasteiger partial charge in [0.2, 0.25) is 0 Å². The highest BCUT2D eigenvalue weighted by Gasteiger charge is 2.58. The Morgan fingerprint density at radius 3 is 2.43 bits per heavy atom. The molecular weight excluding hydrogens is 288 g/mol. The van der Waals surface area contributed by atoms with Crippen LogP contribution in [0.1, 0.15) is 39.7 Å². The maximum Gasteiger partial charge on any atom is 0.307 e. The molecule has 0 heterocycles. The summed E-state index contributed by atoms with van der Waals surface area (Å²) in [7, 11) is 0. The summed E-state index contributed by atoms with van der Waals surface area (Å²) in [6.07, 6.45) is 4.44. The van der Waals surface area contributed by atoms with Gasteiger partial charge in [-0.3, -0.25) is 9.59 Å². The lowest BCUT2D eigenvalue weighted by Crippen LogP contribution is -2.44. The Bertz CT molecular complexity index is 725. The van der Waals surface area contributed by atoms with E-state index in [9.17, 15) is 9.59 Å². The Labute approximate surface area is 137 Å². The first kappa shape index (κ1) is 15.7. The van der Waals surface area contributed by atoms with E-state index in [0.717, 1.165) is 17.6 Å². The molecule has 3 rings (SSSR count). The number of benzene rings is 1. The van der Waals surface area contributed by atoms with Crippen LogP contribution in [0, 0.1) is 16.7 Å². The van der Waals surface area contributed by atoms with Crippen LogP contribution in [0.5, 0.6) is 0 Å². The summed E-state index contributed by atoms with van der Waals surface area (Å²) < 4.78 is 5.53. The zero-order chi connectivity index (χ0) is 16.8. The van der Waals surface area contributed by atoms with E-state index in [1.54, 1.807) is 6.08 Å². The minimum absolute atomic E-state index is 0.120. The van der Waals surface area contributed by atoms with E-state index >= 15 is 0 Å². The summed E-state index contributed by atoms with van der Waals surface area (Å²) in [4.78, 5) is 24.4. The standard InChI is InChI=1S/C20H22O3/c1-13(21)23-17-10-11-19(2,3)18-16(22)12-15(20(17,18)4)14-8-6-5-7-9-14/h5-10,12,18H,11H2,1-4H3/t18-,20+/m0/s1. The molecule has 0 spiro atoms. The van der Waals surface area contributed by atoms with Crippen LogP contribution in [0.15, 0.2) is 48.2 Å². The lowest BCUT2D eigenvalue weighted by atomic mass is 9.57. The van der Waals surface area contributed by atoms with Crippen molar-refractivity contribution >= 4 is 17.3 Å². The Hall–Kier alpha value is -2.16. The Morgan fingerprint density at radius 2 is 1.83 bits per heavy atom. The van der Waals surface area contributed by atoms with Gasteiger partial charge in [-0.25, -0.2) is 0 Å². The molecule has 23 heavy (non-hydrogen) atoms. The summed E-state index contributed by atoms with van der Waals surface area (Å²) in [5.74, 6) is 0.164. The van der Waals surface area contributed by atoms with E-state index in [1.807, 2.05) is 43.3 Å². The van der Waals surface area contributed by atoms with Gasteiger partial charge in [0.15, 0.2) is 5.78 Å². The predicted molar refractivity (Wildman–Crippen MR) is 89.3 cm³/mol. The molecular formula is C20H22O3. The average molecular weight is 310 g/mol. The van der Waals surface area contributed by atoms with Gasteiger partial charge in [0.1, 0.15) is 5.76 Å². The third-order valence-electron chi connectivity index (χ3n) is 5.15. The molecule has 0 aliphatic heterocycles. The van der Waals surface area contributed by atoms with Crippen LogP contribution < -0.4 is 0 Å². The van der Waals surface area contributed by atoms with Crippen molar-refractivity contribution in [2.75, 3.05) is 0 Å². The first-order chi connectivity index (χ1) is 10.8. The van der Waals surface area contributed by atoms with Crippen molar-refractivity contribution in [3.63, 3.8) is 0 Å². The Kier molecular flexibility index (Phi) is 3.55. The summed E-state index contributed by atoms with van der Waals surface area (Å²) in [6.45, 7) is 7.64. The molecule has 2 aliphatic rings. The van der Waals surface area contributed by atoms with Crippen LogP contribution in [0.2, 0.25) is 0 Å². The third kappa shape index (κ3) is 2.35. The molecule has 120 valence electrons. The molecule has 2 atom stereocenters. The molecule has 0 fully saturated rings. The molecule has 0 amide bonds. The molecule has 0 radical (unpaired) electrons. The van der Waals surface area contributed by atoms with Gasteiger partial charge >= 0.3 is 5.97 Å². The highest BCUT2D eigenvalue weighted by atomic mass is 16.5. The number of esters is 1. The maximum absolute atomic E-state index is 12.8. The topological polar surface area (TPSA) is 43.4 Å². The van der Waals surface area contributed by atoms with Gasteiger partial charge in [-0.2, -0.15) is 0 Å². The number of hydrogen-bond donors (Lipinski definition) is 0. The van der Waals surface area contributed by atoms with Gasteiger partial charge in [-0.1, -0.05) is 44.2 Å². The monoisotopic (exact) mass is 310 g/mol. The number of hydrogen-bond acceptors (Lipinski definition) is 3. The van der Waals surface area contributed by atoms with Crippen molar-refractivity contribution in [1.29, 1.82) is 0 Å². The normalized spacial score (nSPS) is 28.7. The van der Waals surface area contributed by atoms with Gasteiger partial charge in [0.25, 0.3) is 0 Å². The zero-order valence-electron chi connectivity index (χ0n) is 14.1. The quantitative estimate of drug-likeness (QED) is 0.771. The summed E-state index contributed by atoms with van der Waals surface area (Å²) in [5, 5.41) is 0. The zero-order valence-corrected chi connectivity index (χ0v) is 14.1. The van der Waals surface area contributed by atoms with Gasteiger partial charge in [-0.15, -0.1) is 0 Å². The Morgan fingerprint density at radius 1 is 1.17 bits per heavy atom. The van der Waals surface area contributed by atoms with Crippen LogP contribution in [0.4, 0.5) is 0 Å². The molecule has 0 aromatic heterocycles. The molecule has 0 saturated heterocycles. The van der Waals surface area contributed by atoms with E-state index in [4.69, 9.17) is 4.74 Å². The fraction of sp³-hybridized carbons (Fsp3) is 0.400. The van der Waals surface area contributed by atoms with E-state index in [-0.39, 0.29) is 23.1 Å². The van der Waals surface area contributed by atoms with E-state index in [2.05, 4.69) is 13.8 Å². The number of fused-ring (bicyclic) bond motifs is 1. The first-order valence-electron chi connectivity index (χ1n) is 7.97. The molecule has 3 heteroatoms. The first-order valence-corrected chi connectivity index (χ1v) is 7.97. The van der Waals surface area contributed by atoms with Crippen LogP contribution in [-0.4, -0.2) is 11.8 Å². The molecule has 1 aromatic rings. The Balaban J connectivity index is 2.18. The molecule has 3 nitrogen and oxygen atoms in total. The number of carbonyl (C=O) groups excluding carboxylic acids is 2. The lowest BCUT2D eigenvalue weighted by molar-refractivity contribution is -0.141. The van der Waals surface area contributed by atoms with Gasteiger partial charge in [0.05, 0.1) is 5.41 Å². The van der Waals surface area contributed by atoms with Crippen molar-refractivity contribution in [1.82, 2.24) is 0 Å². The van der Waals surface area contributed by atoms with E-state index in [1.165, 1.54) is 6.92 Å². The van der Waals surface area contributed by atoms with Crippen LogP contribution in [0.25, 0.3) is 5.57 Å². The summed E-state index contributed by atoms with van der Waals surface area (Å²) >= 11 is 0. The SMILES string of the molecule is CC(=O)OC1=CCC(C)(C)[C@@H]2C(=O)C=C(c3ccccc3)[C@]12C.